The van der Waals surface area contributed by atoms with Crippen LogP contribution in [0.5, 0.6) is 17.4 Å². The lowest BCUT2D eigenvalue weighted by Crippen LogP contribution is -2.47. The van der Waals surface area contributed by atoms with Crippen molar-refractivity contribution in [2.24, 2.45) is 5.92 Å². The standard InChI is InChI=1S/C65H66Cl2N6O7S/c1-63(75)31-28-45(29-32-63)44-79-62-57(67)39-53(41-68-62)81(76,77)70-61(74)55-27-26-52(72-36-34-71(35-37-72)43-47-40-64(2,78-3)33-30-54(47)46-22-24-51(66)25-23-46)38-60(55)80-59-21-13-20-58-56(59)42-69-73(58)65(48-14-7-4-8-15-48,49-16-9-5-10-17-49)50-18-11-6-12-19-50/h4-27,38-39,41-42,45,75H,28-37,40,43-44H2,1-3H3,(H,70,74). The highest BCUT2D eigenvalue weighted by Crippen LogP contribution is 2.45. The number of nitrogens with zero attached hydrogens (tertiary/aromatic N) is 5. The molecule has 0 radical (unpaired) electrons. The molecule has 418 valence electrons. The van der Waals surface area contributed by atoms with Crippen LogP contribution in [-0.2, 0) is 20.3 Å². The zero-order valence-electron chi connectivity index (χ0n) is 45.7. The monoisotopic (exact) mass is 1140 g/mol. The van der Waals surface area contributed by atoms with Crippen molar-refractivity contribution in [1.29, 1.82) is 0 Å². The number of rotatable bonds is 17. The number of nitrogens with one attached hydrogen (secondary N) is 1. The number of hydrogen-bond donors (Lipinski definition) is 2. The van der Waals surface area contributed by atoms with Crippen molar-refractivity contribution in [1.82, 2.24) is 24.4 Å². The van der Waals surface area contributed by atoms with Crippen molar-refractivity contribution in [2.45, 2.75) is 80.4 Å². The Morgan fingerprint density at radius 3 is 2.02 bits per heavy atom. The molecular weight excluding hydrogens is 1080 g/mol. The second-order valence-corrected chi connectivity index (χ2v) is 24.7. The molecule has 13 nitrogen and oxygen atoms in total. The van der Waals surface area contributed by atoms with Crippen LogP contribution < -0.4 is 19.1 Å². The Labute approximate surface area is 484 Å². The molecule has 2 aliphatic carbocycles. The average Bonchev–Trinajstić information content (AvgIpc) is 3.59. The number of benzene rings is 6. The Morgan fingerprint density at radius 1 is 0.765 bits per heavy atom. The van der Waals surface area contributed by atoms with Crippen LogP contribution in [0, 0.1) is 5.92 Å². The summed E-state index contributed by atoms with van der Waals surface area (Å²) in [7, 11) is -2.73. The summed E-state index contributed by atoms with van der Waals surface area (Å²) < 4.78 is 51.5. The molecule has 1 atom stereocenters. The summed E-state index contributed by atoms with van der Waals surface area (Å²) in [6.07, 6.45) is 8.45. The zero-order chi connectivity index (χ0) is 56.4. The number of aromatic nitrogens is 3. The smallest absolute Gasteiger partial charge is 0.268 e. The van der Waals surface area contributed by atoms with Gasteiger partial charge in [0.1, 0.15) is 27.0 Å². The summed E-state index contributed by atoms with van der Waals surface area (Å²) in [6, 6.07) is 51.2. The van der Waals surface area contributed by atoms with Gasteiger partial charge in [-0.3, -0.25) is 9.69 Å². The molecule has 11 rings (SSSR count). The van der Waals surface area contributed by atoms with Gasteiger partial charge in [-0.15, -0.1) is 0 Å². The first-order chi connectivity index (χ1) is 39.1. The van der Waals surface area contributed by atoms with E-state index in [2.05, 4.69) is 75.0 Å². The largest absolute Gasteiger partial charge is 0.476 e. The summed E-state index contributed by atoms with van der Waals surface area (Å²) in [5.74, 6) is -0.0802. The molecule has 81 heavy (non-hydrogen) atoms. The van der Waals surface area contributed by atoms with Crippen molar-refractivity contribution in [3.05, 3.63) is 214 Å². The van der Waals surface area contributed by atoms with Gasteiger partial charge in [0.05, 0.1) is 46.7 Å². The number of sulfonamides is 1. The molecule has 6 aromatic carbocycles. The maximum Gasteiger partial charge on any atom is 0.268 e. The minimum absolute atomic E-state index is 0.0109. The Kier molecular flexibility index (Phi) is 16.2. The lowest BCUT2D eigenvalue weighted by atomic mass is 9.77. The van der Waals surface area contributed by atoms with Crippen LogP contribution in [-0.4, -0.2) is 96.7 Å². The van der Waals surface area contributed by atoms with E-state index in [-0.39, 0.29) is 38.6 Å². The predicted octanol–water partition coefficient (Wildman–Crippen LogP) is 13.0. The topological polar surface area (TPSA) is 148 Å². The van der Waals surface area contributed by atoms with Crippen LogP contribution in [0.15, 0.2) is 181 Å². The van der Waals surface area contributed by atoms with E-state index in [1.54, 1.807) is 19.4 Å². The fourth-order valence-electron chi connectivity index (χ4n) is 11.9. The Balaban J connectivity index is 0.913. The highest BCUT2D eigenvalue weighted by atomic mass is 35.5. The van der Waals surface area contributed by atoms with Gasteiger partial charge in [-0.2, -0.15) is 5.10 Å². The van der Waals surface area contributed by atoms with E-state index in [9.17, 15) is 18.3 Å². The first-order valence-electron chi connectivity index (χ1n) is 27.6. The van der Waals surface area contributed by atoms with E-state index in [1.165, 1.54) is 22.8 Å². The fraction of sp³-hybridized carbons (Fsp3) is 0.308. The van der Waals surface area contributed by atoms with E-state index in [0.29, 0.717) is 48.7 Å². The number of hydrogen-bond acceptors (Lipinski definition) is 11. The molecule has 1 saturated heterocycles. The first kappa shape index (κ1) is 55.8. The van der Waals surface area contributed by atoms with Gasteiger partial charge < -0.3 is 24.2 Å². The maximum absolute atomic E-state index is 14.6. The lowest BCUT2D eigenvalue weighted by molar-refractivity contribution is -0.00393. The van der Waals surface area contributed by atoms with Gasteiger partial charge >= 0.3 is 0 Å². The van der Waals surface area contributed by atoms with E-state index < -0.39 is 27.1 Å². The molecule has 2 fully saturated rings. The second kappa shape index (κ2) is 23.4. The SMILES string of the molecule is COC1(C)CCC(c2ccc(Cl)cc2)=C(CN2CCN(c3ccc(C(=O)NS(=O)(=O)c4cnc(OCC5CCC(C)(O)CC5)c(Cl)c4)c(Oc4cccc5c4cnn5C(c4ccccc4)(c4ccccc4)c4ccccc4)c3)CC2)C1. The molecule has 0 bridgehead atoms. The zero-order valence-corrected chi connectivity index (χ0v) is 48.1. The van der Waals surface area contributed by atoms with Crippen molar-refractivity contribution in [3.8, 4) is 17.4 Å². The summed E-state index contributed by atoms with van der Waals surface area (Å²) in [4.78, 5) is 23.3. The summed E-state index contributed by atoms with van der Waals surface area (Å²) >= 11 is 12.9. The minimum atomic E-state index is -4.53. The molecule has 2 N–H and O–H groups in total. The number of anilines is 1. The van der Waals surface area contributed by atoms with Crippen molar-refractivity contribution in [3.63, 3.8) is 0 Å². The Hall–Kier alpha value is -7.04. The van der Waals surface area contributed by atoms with Gasteiger partial charge in [-0.25, -0.2) is 22.8 Å². The minimum Gasteiger partial charge on any atom is -0.476 e. The molecule has 1 amide bonds. The van der Waals surface area contributed by atoms with Gasteiger partial charge in [0.25, 0.3) is 15.9 Å². The Bertz CT molecular complexity index is 3580. The number of carbonyl (C=O) groups is 1. The molecule has 1 aliphatic heterocycles. The number of allylic oxidation sites excluding steroid dienone is 1. The van der Waals surface area contributed by atoms with Crippen molar-refractivity contribution >= 4 is 61.3 Å². The number of carbonyl (C=O) groups excluding carboxylic acids is 1. The highest BCUT2D eigenvalue weighted by Gasteiger charge is 2.41. The van der Waals surface area contributed by atoms with Crippen molar-refractivity contribution in [2.75, 3.05) is 51.3 Å². The van der Waals surface area contributed by atoms with Gasteiger partial charge in [0, 0.05) is 56.6 Å². The number of fused-ring (bicyclic) bond motifs is 1. The maximum atomic E-state index is 14.6. The quantitative estimate of drug-likeness (QED) is 0.0839. The van der Waals surface area contributed by atoms with Crippen LogP contribution in [0.4, 0.5) is 5.69 Å². The third kappa shape index (κ3) is 11.9. The number of halogens is 2. The molecule has 16 heteroatoms. The van der Waals surface area contributed by atoms with E-state index in [4.69, 9.17) is 42.5 Å². The van der Waals surface area contributed by atoms with Gasteiger partial charge in [-0.1, -0.05) is 132 Å². The summed E-state index contributed by atoms with van der Waals surface area (Å²) in [5.41, 5.74) is 6.55. The van der Waals surface area contributed by atoms with Gasteiger partial charge in [-0.05, 0) is 141 Å². The Morgan fingerprint density at radius 2 is 1.41 bits per heavy atom. The number of aliphatic hydroxyl groups is 1. The molecule has 3 heterocycles. The fourth-order valence-corrected chi connectivity index (χ4v) is 13.3. The molecule has 1 saturated carbocycles. The van der Waals surface area contributed by atoms with Crippen LogP contribution in [0.25, 0.3) is 16.5 Å². The molecule has 2 aromatic heterocycles. The van der Waals surface area contributed by atoms with Crippen LogP contribution in [0.3, 0.4) is 0 Å². The number of ether oxygens (including phenoxy) is 3. The van der Waals surface area contributed by atoms with Crippen LogP contribution >= 0.6 is 23.2 Å². The van der Waals surface area contributed by atoms with Crippen LogP contribution in [0.1, 0.15) is 91.4 Å². The first-order valence-corrected chi connectivity index (χ1v) is 29.9. The number of pyridine rings is 1. The summed E-state index contributed by atoms with van der Waals surface area (Å²) in [6.45, 7) is 8.06. The van der Waals surface area contributed by atoms with E-state index in [0.717, 1.165) is 85.8 Å². The number of methoxy groups -OCH3 is 1. The number of amides is 1. The lowest BCUT2D eigenvalue weighted by Gasteiger charge is -2.40. The highest BCUT2D eigenvalue weighted by molar-refractivity contribution is 7.90. The summed E-state index contributed by atoms with van der Waals surface area (Å²) in [5, 5.41) is 16.9. The van der Waals surface area contributed by atoms with Gasteiger partial charge in [0.2, 0.25) is 5.88 Å². The van der Waals surface area contributed by atoms with Gasteiger partial charge in [0.15, 0.2) is 0 Å². The average molecular weight is 1150 g/mol. The van der Waals surface area contributed by atoms with Crippen LogP contribution in [0.2, 0.25) is 10.0 Å². The molecule has 3 aliphatic rings. The van der Waals surface area contributed by atoms with Crippen molar-refractivity contribution < 1.29 is 32.5 Å². The van der Waals surface area contributed by atoms with E-state index in [1.807, 2.05) is 109 Å². The molecule has 1 unspecified atom stereocenters. The van der Waals surface area contributed by atoms with E-state index >= 15 is 0 Å². The number of piperazine rings is 1. The predicted molar refractivity (Wildman–Crippen MR) is 319 cm³/mol. The normalized spacial score (nSPS) is 20.1. The molecule has 0 spiro atoms. The molecular formula is C65H66Cl2N6O7S. The molecule has 8 aromatic rings. The third-order valence-corrected chi connectivity index (χ3v) is 18.4. The third-order valence-electron chi connectivity index (χ3n) is 16.6. The second-order valence-electron chi connectivity index (χ2n) is 22.2.